The van der Waals surface area contributed by atoms with E-state index in [9.17, 15) is 10.1 Å². The second-order valence-electron chi connectivity index (χ2n) is 2.95. The minimum Gasteiger partial charge on any atom is -0.359 e. The van der Waals surface area contributed by atoms with Crippen LogP contribution in [0.2, 0.25) is 0 Å². The first kappa shape index (κ1) is 11.5. The number of nitro groups is 1. The van der Waals surface area contributed by atoms with E-state index in [0.29, 0.717) is 10.7 Å². The first-order valence-corrected chi connectivity index (χ1v) is 4.57. The third kappa shape index (κ3) is 3.21. The molecule has 0 radical (unpaired) electrons. The lowest BCUT2D eigenvalue weighted by atomic mass is 10.3. The van der Waals surface area contributed by atoms with Gasteiger partial charge in [-0.3, -0.25) is 10.1 Å². The highest BCUT2D eigenvalue weighted by Crippen LogP contribution is 2.22. The van der Waals surface area contributed by atoms with Crippen LogP contribution in [0.5, 0.6) is 0 Å². The molecule has 0 fully saturated rings. The lowest BCUT2D eigenvalue weighted by molar-refractivity contribution is -0.384. The van der Waals surface area contributed by atoms with Crippen LogP contribution in [0.3, 0.4) is 0 Å². The maximum Gasteiger partial charge on any atom is 0.311 e. The van der Waals surface area contributed by atoms with Crippen LogP contribution < -0.4 is 5.32 Å². The number of hydrogen-bond donors (Lipinski definition) is 1. The van der Waals surface area contributed by atoms with Gasteiger partial charge in [0, 0.05) is 16.8 Å². The molecule has 0 aliphatic rings. The van der Waals surface area contributed by atoms with E-state index >= 15 is 0 Å². The molecule has 0 atom stereocenters. The Hall–Kier alpha value is -1.62. The molecule has 1 heterocycles. The van der Waals surface area contributed by atoms with Crippen LogP contribution in [-0.2, 0) is 0 Å². The maximum absolute atomic E-state index is 10.6. The predicted molar refractivity (Wildman–Crippen MR) is 59.1 cm³/mol. The first-order chi connectivity index (χ1) is 7.00. The van der Waals surface area contributed by atoms with Gasteiger partial charge in [0.1, 0.15) is 0 Å². The van der Waals surface area contributed by atoms with Gasteiger partial charge in [0.15, 0.2) is 0 Å². The molecule has 1 rings (SSSR count). The largest absolute Gasteiger partial charge is 0.359 e. The standard InChI is InChI=1S/C9H10ClN3O2/c1-6(10)5-11-9-8(13(14)15)4-3-7(2)12-9/h3-4H,1,5H2,2H3,(H,11,12). The summed E-state index contributed by atoms with van der Waals surface area (Å²) in [6, 6.07) is 2.99. The molecule has 15 heavy (non-hydrogen) atoms. The number of rotatable bonds is 4. The summed E-state index contributed by atoms with van der Waals surface area (Å²) in [5, 5.41) is 13.8. The number of halogens is 1. The zero-order valence-corrected chi connectivity index (χ0v) is 8.91. The van der Waals surface area contributed by atoms with Gasteiger partial charge in [-0.1, -0.05) is 18.2 Å². The van der Waals surface area contributed by atoms with Gasteiger partial charge < -0.3 is 5.32 Å². The number of nitrogens with one attached hydrogen (secondary N) is 1. The molecule has 6 heteroatoms. The van der Waals surface area contributed by atoms with Crippen LogP contribution in [0.15, 0.2) is 23.7 Å². The lowest BCUT2D eigenvalue weighted by Crippen LogP contribution is -2.06. The number of pyridine rings is 1. The lowest BCUT2D eigenvalue weighted by Gasteiger charge is -2.05. The molecule has 80 valence electrons. The molecule has 1 aromatic rings. The average molecular weight is 228 g/mol. The number of anilines is 1. The Balaban J connectivity index is 2.96. The van der Waals surface area contributed by atoms with Gasteiger partial charge in [-0.2, -0.15) is 0 Å². The van der Waals surface area contributed by atoms with Crippen molar-refractivity contribution in [2.75, 3.05) is 11.9 Å². The van der Waals surface area contributed by atoms with Gasteiger partial charge >= 0.3 is 5.69 Å². The Bertz CT molecular complexity index is 406. The molecule has 0 aliphatic carbocycles. The molecule has 0 unspecified atom stereocenters. The summed E-state index contributed by atoms with van der Waals surface area (Å²) >= 11 is 5.54. The summed E-state index contributed by atoms with van der Waals surface area (Å²) in [5.41, 5.74) is 0.627. The van der Waals surface area contributed by atoms with E-state index in [0.717, 1.165) is 0 Å². The third-order valence-electron chi connectivity index (χ3n) is 1.66. The Labute approximate surface area is 91.9 Å². The Morgan fingerprint density at radius 1 is 1.73 bits per heavy atom. The number of hydrogen-bond acceptors (Lipinski definition) is 4. The first-order valence-electron chi connectivity index (χ1n) is 4.20. The summed E-state index contributed by atoms with van der Waals surface area (Å²) < 4.78 is 0. The second kappa shape index (κ2) is 4.75. The summed E-state index contributed by atoms with van der Waals surface area (Å²) in [6.45, 7) is 5.48. The Morgan fingerprint density at radius 3 is 2.93 bits per heavy atom. The van der Waals surface area contributed by atoms with E-state index in [-0.39, 0.29) is 18.1 Å². The molecule has 0 amide bonds. The molecule has 0 aliphatic heterocycles. The second-order valence-corrected chi connectivity index (χ2v) is 3.48. The SMILES string of the molecule is C=C(Cl)CNc1nc(C)ccc1[N+](=O)[O-]. The summed E-state index contributed by atoms with van der Waals surface area (Å²) in [4.78, 5) is 14.2. The van der Waals surface area contributed by atoms with Gasteiger partial charge in [0.05, 0.1) is 11.5 Å². The number of nitrogens with zero attached hydrogens (tertiary/aromatic N) is 2. The van der Waals surface area contributed by atoms with Crippen molar-refractivity contribution in [1.82, 2.24) is 4.98 Å². The van der Waals surface area contributed by atoms with Crippen LogP contribution in [0.4, 0.5) is 11.5 Å². The average Bonchev–Trinajstić information content (AvgIpc) is 2.14. The summed E-state index contributed by atoms with van der Waals surface area (Å²) in [7, 11) is 0. The van der Waals surface area contributed by atoms with Gasteiger partial charge in [-0.25, -0.2) is 4.98 Å². The fourth-order valence-electron chi connectivity index (χ4n) is 1.01. The minimum absolute atomic E-state index is 0.0708. The van der Waals surface area contributed by atoms with Crippen molar-refractivity contribution in [3.8, 4) is 0 Å². The smallest absolute Gasteiger partial charge is 0.311 e. The zero-order chi connectivity index (χ0) is 11.4. The van der Waals surface area contributed by atoms with Crippen LogP contribution in [0.1, 0.15) is 5.69 Å². The highest BCUT2D eigenvalue weighted by atomic mass is 35.5. The van der Waals surface area contributed by atoms with E-state index in [4.69, 9.17) is 11.6 Å². The fraction of sp³-hybridized carbons (Fsp3) is 0.222. The molecule has 0 saturated heterocycles. The highest BCUT2D eigenvalue weighted by Gasteiger charge is 2.14. The van der Waals surface area contributed by atoms with E-state index in [1.165, 1.54) is 6.07 Å². The summed E-state index contributed by atoms with van der Waals surface area (Å²) in [6.07, 6.45) is 0. The molecular formula is C9H10ClN3O2. The van der Waals surface area contributed by atoms with Crippen molar-refractivity contribution < 1.29 is 4.92 Å². The fourth-order valence-corrected chi connectivity index (χ4v) is 1.07. The van der Waals surface area contributed by atoms with Gasteiger partial charge in [-0.15, -0.1) is 0 Å². The number of aromatic nitrogens is 1. The molecule has 5 nitrogen and oxygen atoms in total. The quantitative estimate of drug-likeness (QED) is 0.634. The molecule has 1 aromatic heterocycles. The normalized spacial score (nSPS) is 9.73. The topological polar surface area (TPSA) is 68.1 Å². The molecule has 0 saturated carbocycles. The highest BCUT2D eigenvalue weighted by molar-refractivity contribution is 6.29. The van der Waals surface area contributed by atoms with Crippen molar-refractivity contribution in [2.45, 2.75) is 6.92 Å². The van der Waals surface area contributed by atoms with Crippen molar-refractivity contribution in [1.29, 1.82) is 0 Å². The van der Waals surface area contributed by atoms with Gasteiger partial charge in [0.25, 0.3) is 0 Å². The minimum atomic E-state index is -0.494. The maximum atomic E-state index is 10.6. The molecule has 1 N–H and O–H groups in total. The van der Waals surface area contributed by atoms with Gasteiger partial charge in [0.2, 0.25) is 5.82 Å². The van der Waals surface area contributed by atoms with E-state index in [1.807, 2.05) is 0 Å². The monoisotopic (exact) mass is 227 g/mol. The van der Waals surface area contributed by atoms with Crippen molar-refractivity contribution in [3.63, 3.8) is 0 Å². The van der Waals surface area contributed by atoms with Crippen LogP contribution in [0.25, 0.3) is 0 Å². The molecule has 0 spiro atoms. The molecule has 0 bridgehead atoms. The number of aryl methyl sites for hydroxylation is 1. The van der Waals surface area contributed by atoms with E-state index < -0.39 is 4.92 Å². The van der Waals surface area contributed by atoms with Crippen molar-refractivity contribution >= 4 is 23.1 Å². The van der Waals surface area contributed by atoms with E-state index in [1.54, 1.807) is 13.0 Å². The van der Waals surface area contributed by atoms with Crippen LogP contribution in [-0.4, -0.2) is 16.5 Å². The van der Waals surface area contributed by atoms with Crippen molar-refractivity contribution in [2.24, 2.45) is 0 Å². The van der Waals surface area contributed by atoms with Crippen LogP contribution >= 0.6 is 11.6 Å². The Kier molecular flexibility index (Phi) is 3.62. The summed E-state index contributed by atoms with van der Waals surface area (Å²) in [5.74, 6) is 0.210. The van der Waals surface area contributed by atoms with Crippen molar-refractivity contribution in [3.05, 3.63) is 39.6 Å². The predicted octanol–water partition coefficient (Wildman–Crippen LogP) is 2.46. The Morgan fingerprint density at radius 2 is 2.40 bits per heavy atom. The zero-order valence-electron chi connectivity index (χ0n) is 8.16. The molecular weight excluding hydrogens is 218 g/mol. The third-order valence-corrected chi connectivity index (χ3v) is 1.79. The molecule has 0 aromatic carbocycles. The van der Waals surface area contributed by atoms with E-state index in [2.05, 4.69) is 16.9 Å². The van der Waals surface area contributed by atoms with Gasteiger partial charge in [-0.05, 0) is 13.0 Å². The van der Waals surface area contributed by atoms with Crippen LogP contribution in [0, 0.1) is 17.0 Å².